The number of halogens is 4. The molecule has 6 nitrogen and oxygen atoms in total. The van der Waals surface area contributed by atoms with Crippen LogP contribution in [-0.2, 0) is 15.4 Å². The number of alkyl halides is 4. The Kier molecular flexibility index (Phi) is 5.93. The lowest BCUT2D eigenvalue weighted by atomic mass is 10.4. The van der Waals surface area contributed by atoms with Crippen molar-refractivity contribution < 1.29 is 32.6 Å². The van der Waals surface area contributed by atoms with Gasteiger partial charge in [0.05, 0.1) is 24.7 Å². The smallest absolute Gasteiger partial charge is 0.471 e. The first-order chi connectivity index (χ1) is 9.72. The number of carboxylic acid groups (broad SMARTS) is 1. The van der Waals surface area contributed by atoms with E-state index in [0.717, 1.165) is 0 Å². The lowest BCUT2D eigenvalue weighted by Crippen LogP contribution is -2.43. The van der Waals surface area contributed by atoms with Gasteiger partial charge in [0.1, 0.15) is 4.88 Å². The van der Waals surface area contributed by atoms with Crippen molar-refractivity contribution in [1.29, 1.82) is 0 Å². The fourth-order valence-electron chi connectivity index (χ4n) is 1.33. The van der Waals surface area contributed by atoms with Crippen molar-refractivity contribution in [3.05, 3.63) is 10.6 Å². The van der Waals surface area contributed by atoms with Crippen molar-refractivity contribution in [3.63, 3.8) is 0 Å². The van der Waals surface area contributed by atoms with Crippen LogP contribution in [0, 0.1) is 0 Å². The molecular weight excluding hydrogens is 337 g/mol. The van der Waals surface area contributed by atoms with E-state index in [9.17, 15) is 22.8 Å². The summed E-state index contributed by atoms with van der Waals surface area (Å²) in [5.74, 6) is -3.82. The van der Waals surface area contributed by atoms with Gasteiger partial charge in [0, 0.05) is 7.11 Å². The third-order valence-electron chi connectivity index (χ3n) is 2.24. The predicted octanol–water partition coefficient (Wildman–Crippen LogP) is 2.12. The summed E-state index contributed by atoms with van der Waals surface area (Å²) >= 11 is 5.95. The number of carbonyl (C=O) groups is 2. The van der Waals surface area contributed by atoms with Crippen molar-refractivity contribution in [1.82, 2.24) is 4.98 Å². The van der Waals surface area contributed by atoms with Crippen molar-refractivity contribution in [2.24, 2.45) is 0 Å². The summed E-state index contributed by atoms with van der Waals surface area (Å²) in [6.45, 7) is -0.580. The highest BCUT2D eigenvalue weighted by Crippen LogP contribution is 2.30. The van der Waals surface area contributed by atoms with Crippen LogP contribution in [-0.4, -0.2) is 48.4 Å². The van der Waals surface area contributed by atoms with E-state index >= 15 is 0 Å². The molecule has 1 N–H and O–H groups in total. The summed E-state index contributed by atoms with van der Waals surface area (Å²) in [4.78, 5) is 26.1. The number of hydrogen-bond acceptors (Lipinski definition) is 5. The number of rotatable bonds is 6. The standard InChI is InChI=1S/C10H10ClF3N2O4S/c1-20-3-2-16(8(19)10(12,13)14)9-15-5(4-11)6(21-9)7(17)18/h2-4H2,1H3,(H,17,18). The molecule has 0 unspecified atom stereocenters. The van der Waals surface area contributed by atoms with Crippen LogP contribution >= 0.6 is 22.9 Å². The number of thiazole rings is 1. The zero-order valence-electron chi connectivity index (χ0n) is 10.6. The third-order valence-corrected chi connectivity index (χ3v) is 3.61. The Bertz CT molecular complexity index is 535. The minimum Gasteiger partial charge on any atom is -0.477 e. The summed E-state index contributed by atoms with van der Waals surface area (Å²) in [5.41, 5.74) is -0.0958. The highest BCUT2D eigenvalue weighted by molar-refractivity contribution is 7.17. The second-order valence-electron chi connectivity index (χ2n) is 3.66. The quantitative estimate of drug-likeness (QED) is 0.798. The van der Waals surface area contributed by atoms with Crippen LogP contribution in [0.2, 0.25) is 0 Å². The molecule has 1 heterocycles. The number of methoxy groups -OCH3 is 1. The molecule has 1 rings (SSSR count). The second kappa shape index (κ2) is 7.05. The number of carboxylic acids is 1. The molecule has 0 spiro atoms. The van der Waals surface area contributed by atoms with E-state index in [1.165, 1.54) is 7.11 Å². The molecule has 118 valence electrons. The Hall–Kier alpha value is -1.39. The Balaban J connectivity index is 3.20. The Labute approximate surface area is 126 Å². The second-order valence-corrected chi connectivity index (χ2v) is 4.90. The van der Waals surface area contributed by atoms with Crippen LogP contribution in [0.4, 0.5) is 18.3 Å². The predicted molar refractivity (Wildman–Crippen MR) is 68.9 cm³/mol. The average molecular weight is 347 g/mol. The summed E-state index contributed by atoms with van der Waals surface area (Å²) in [6, 6.07) is 0. The molecule has 21 heavy (non-hydrogen) atoms. The maximum atomic E-state index is 12.6. The van der Waals surface area contributed by atoms with Gasteiger partial charge >= 0.3 is 18.1 Å². The number of hydrogen-bond donors (Lipinski definition) is 1. The van der Waals surface area contributed by atoms with Crippen molar-refractivity contribution in [2.75, 3.05) is 25.2 Å². The van der Waals surface area contributed by atoms with Gasteiger partial charge in [-0.3, -0.25) is 9.69 Å². The van der Waals surface area contributed by atoms with E-state index in [4.69, 9.17) is 16.7 Å². The number of nitrogens with zero attached hydrogens (tertiary/aromatic N) is 2. The molecular formula is C10H10ClF3N2O4S. The van der Waals surface area contributed by atoms with Gasteiger partial charge in [-0.2, -0.15) is 13.2 Å². The van der Waals surface area contributed by atoms with Gasteiger partial charge in [0.2, 0.25) is 0 Å². The minimum absolute atomic E-state index is 0.0958. The first kappa shape index (κ1) is 17.7. The van der Waals surface area contributed by atoms with Gasteiger partial charge in [-0.05, 0) is 0 Å². The van der Waals surface area contributed by atoms with E-state index in [-0.39, 0.29) is 28.2 Å². The molecule has 0 fully saturated rings. The van der Waals surface area contributed by atoms with Crippen molar-refractivity contribution in [3.8, 4) is 0 Å². The van der Waals surface area contributed by atoms with Gasteiger partial charge in [0.15, 0.2) is 5.13 Å². The molecule has 0 aliphatic carbocycles. The van der Waals surface area contributed by atoms with Gasteiger partial charge in [-0.15, -0.1) is 11.6 Å². The minimum atomic E-state index is -5.11. The average Bonchev–Trinajstić information content (AvgIpc) is 2.82. The Morgan fingerprint density at radius 3 is 2.48 bits per heavy atom. The number of carbonyl (C=O) groups excluding carboxylic acids is 1. The number of aromatic carboxylic acids is 1. The maximum absolute atomic E-state index is 12.6. The largest absolute Gasteiger partial charge is 0.477 e. The number of anilines is 1. The molecule has 0 saturated heterocycles. The first-order valence-corrected chi connectivity index (χ1v) is 6.74. The normalized spacial score (nSPS) is 11.5. The van der Waals surface area contributed by atoms with Gasteiger partial charge in [-0.25, -0.2) is 9.78 Å². The van der Waals surface area contributed by atoms with Gasteiger partial charge < -0.3 is 9.84 Å². The highest BCUT2D eigenvalue weighted by atomic mass is 35.5. The first-order valence-electron chi connectivity index (χ1n) is 5.39. The SMILES string of the molecule is COCCN(C(=O)C(F)(F)F)c1nc(CCl)c(C(=O)O)s1. The fraction of sp³-hybridized carbons (Fsp3) is 0.500. The monoisotopic (exact) mass is 346 g/mol. The third kappa shape index (κ3) is 4.29. The van der Waals surface area contributed by atoms with E-state index in [1.807, 2.05) is 0 Å². The lowest BCUT2D eigenvalue weighted by Gasteiger charge is -2.20. The summed E-state index contributed by atoms with van der Waals surface area (Å²) in [7, 11) is 1.25. The summed E-state index contributed by atoms with van der Waals surface area (Å²) < 4.78 is 42.3. The topological polar surface area (TPSA) is 79.7 Å². The van der Waals surface area contributed by atoms with Crippen LogP contribution < -0.4 is 4.90 Å². The lowest BCUT2D eigenvalue weighted by molar-refractivity contribution is -0.170. The molecule has 0 aliphatic rings. The van der Waals surface area contributed by atoms with E-state index in [0.29, 0.717) is 16.2 Å². The molecule has 0 atom stereocenters. The maximum Gasteiger partial charge on any atom is 0.471 e. The molecule has 0 radical (unpaired) electrons. The molecule has 0 aromatic carbocycles. The zero-order chi connectivity index (χ0) is 16.2. The molecule has 11 heteroatoms. The number of aromatic nitrogens is 1. The zero-order valence-corrected chi connectivity index (χ0v) is 12.2. The number of ether oxygens (including phenoxy) is 1. The molecule has 0 saturated carbocycles. The van der Waals surface area contributed by atoms with Crippen LogP contribution in [0.3, 0.4) is 0 Å². The van der Waals surface area contributed by atoms with Crippen molar-refractivity contribution >= 4 is 39.9 Å². The van der Waals surface area contributed by atoms with Crippen LogP contribution in [0.15, 0.2) is 0 Å². The van der Waals surface area contributed by atoms with E-state index < -0.39 is 24.6 Å². The van der Waals surface area contributed by atoms with Crippen molar-refractivity contribution in [2.45, 2.75) is 12.1 Å². The van der Waals surface area contributed by atoms with Gasteiger partial charge in [0.25, 0.3) is 0 Å². The Morgan fingerprint density at radius 1 is 1.48 bits per heavy atom. The van der Waals surface area contributed by atoms with E-state index in [1.54, 1.807) is 0 Å². The summed E-state index contributed by atoms with van der Waals surface area (Å²) in [6.07, 6.45) is -5.11. The van der Waals surface area contributed by atoms with Gasteiger partial charge in [-0.1, -0.05) is 11.3 Å². The molecule has 0 bridgehead atoms. The fourth-order valence-corrected chi connectivity index (χ4v) is 2.55. The molecule has 0 aliphatic heterocycles. The van der Waals surface area contributed by atoms with Crippen LogP contribution in [0.25, 0.3) is 0 Å². The molecule has 1 amide bonds. The highest BCUT2D eigenvalue weighted by Gasteiger charge is 2.44. The van der Waals surface area contributed by atoms with Crippen LogP contribution in [0.1, 0.15) is 15.4 Å². The molecule has 1 aromatic rings. The summed E-state index contributed by atoms with van der Waals surface area (Å²) in [5, 5.41) is 8.54. The number of amides is 1. The van der Waals surface area contributed by atoms with E-state index in [2.05, 4.69) is 9.72 Å². The van der Waals surface area contributed by atoms with Crippen LogP contribution in [0.5, 0.6) is 0 Å². The Morgan fingerprint density at radius 2 is 2.10 bits per heavy atom. The molecule has 1 aromatic heterocycles.